The SMILES string of the molecule is Clc1ccc2c(c1)CCc1ncc(-c3ccccc3)nc1O2. The molecule has 0 bridgehead atoms. The molecule has 0 amide bonds. The lowest BCUT2D eigenvalue weighted by Crippen LogP contribution is -1.97. The first-order valence-corrected chi connectivity index (χ1v) is 7.55. The molecular weight excluding hydrogens is 296 g/mol. The highest BCUT2D eigenvalue weighted by Gasteiger charge is 2.18. The van der Waals surface area contributed by atoms with Gasteiger partial charge >= 0.3 is 0 Å². The molecule has 4 heteroatoms. The zero-order valence-electron chi connectivity index (χ0n) is 11.8. The van der Waals surface area contributed by atoms with Gasteiger partial charge in [-0.1, -0.05) is 41.9 Å². The highest BCUT2D eigenvalue weighted by molar-refractivity contribution is 6.30. The average Bonchev–Trinajstić information content (AvgIpc) is 2.74. The number of rotatable bonds is 1. The first-order chi connectivity index (χ1) is 10.8. The van der Waals surface area contributed by atoms with Gasteiger partial charge in [-0.2, -0.15) is 0 Å². The van der Waals surface area contributed by atoms with Crippen molar-refractivity contribution < 1.29 is 4.74 Å². The zero-order valence-corrected chi connectivity index (χ0v) is 12.5. The molecule has 1 aromatic heterocycles. The van der Waals surface area contributed by atoms with E-state index >= 15 is 0 Å². The van der Waals surface area contributed by atoms with Crippen molar-refractivity contribution in [2.75, 3.05) is 0 Å². The van der Waals surface area contributed by atoms with E-state index in [0.29, 0.717) is 5.88 Å². The number of hydrogen-bond acceptors (Lipinski definition) is 3. The number of ether oxygens (including phenoxy) is 1. The predicted octanol–water partition coefficient (Wildman–Crippen LogP) is 4.69. The maximum Gasteiger partial charge on any atom is 0.241 e. The number of benzene rings is 2. The second-order valence-electron chi connectivity index (χ2n) is 5.23. The van der Waals surface area contributed by atoms with E-state index in [4.69, 9.17) is 16.3 Å². The van der Waals surface area contributed by atoms with Crippen LogP contribution in [0.4, 0.5) is 0 Å². The zero-order chi connectivity index (χ0) is 14.9. The van der Waals surface area contributed by atoms with Crippen LogP contribution in [0.25, 0.3) is 11.3 Å². The van der Waals surface area contributed by atoms with Crippen LogP contribution in [0.1, 0.15) is 11.3 Å². The number of hydrogen-bond donors (Lipinski definition) is 0. The van der Waals surface area contributed by atoms with Gasteiger partial charge in [-0.15, -0.1) is 0 Å². The largest absolute Gasteiger partial charge is 0.437 e. The Morgan fingerprint density at radius 1 is 1.00 bits per heavy atom. The Hall–Kier alpha value is -2.39. The molecular formula is C18H13ClN2O. The molecule has 2 aromatic carbocycles. The maximum absolute atomic E-state index is 6.06. The number of nitrogens with zero attached hydrogens (tertiary/aromatic N) is 2. The minimum atomic E-state index is 0.586. The number of fused-ring (bicyclic) bond motifs is 2. The second kappa shape index (κ2) is 5.43. The molecule has 0 aliphatic carbocycles. The Labute approximate surface area is 133 Å². The summed E-state index contributed by atoms with van der Waals surface area (Å²) in [5.41, 5.74) is 3.82. The summed E-state index contributed by atoms with van der Waals surface area (Å²) in [5, 5.41) is 0.721. The molecule has 0 saturated heterocycles. The minimum absolute atomic E-state index is 0.586. The lowest BCUT2D eigenvalue weighted by molar-refractivity contribution is 0.457. The maximum atomic E-state index is 6.06. The van der Waals surface area contributed by atoms with Crippen molar-refractivity contribution in [1.82, 2.24) is 9.97 Å². The summed E-state index contributed by atoms with van der Waals surface area (Å²) in [6.07, 6.45) is 3.45. The molecule has 0 atom stereocenters. The third-order valence-electron chi connectivity index (χ3n) is 3.74. The number of aromatic nitrogens is 2. The first-order valence-electron chi connectivity index (χ1n) is 7.17. The van der Waals surface area contributed by atoms with E-state index in [0.717, 1.165) is 46.1 Å². The average molecular weight is 309 g/mol. The van der Waals surface area contributed by atoms with Gasteiger partial charge in [0.2, 0.25) is 5.88 Å². The lowest BCUT2D eigenvalue weighted by atomic mass is 10.1. The Balaban J connectivity index is 1.77. The van der Waals surface area contributed by atoms with Crippen molar-refractivity contribution in [3.63, 3.8) is 0 Å². The van der Waals surface area contributed by atoms with Crippen LogP contribution in [0.3, 0.4) is 0 Å². The molecule has 22 heavy (non-hydrogen) atoms. The molecule has 4 rings (SSSR count). The highest BCUT2D eigenvalue weighted by Crippen LogP contribution is 2.34. The topological polar surface area (TPSA) is 35.0 Å². The van der Waals surface area contributed by atoms with Gasteiger partial charge in [0.05, 0.1) is 11.9 Å². The Bertz CT molecular complexity index is 834. The van der Waals surface area contributed by atoms with Gasteiger partial charge in [0.25, 0.3) is 0 Å². The molecule has 0 spiro atoms. The molecule has 108 valence electrons. The molecule has 1 aliphatic rings. The van der Waals surface area contributed by atoms with E-state index in [2.05, 4.69) is 9.97 Å². The summed E-state index contributed by atoms with van der Waals surface area (Å²) in [7, 11) is 0. The third-order valence-corrected chi connectivity index (χ3v) is 3.98. The molecule has 1 aliphatic heterocycles. The normalized spacial score (nSPS) is 12.8. The van der Waals surface area contributed by atoms with Crippen LogP contribution in [0, 0.1) is 0 Å². The monoisotopic (exact) mass is 308 g/mol. The summed E-state index contributed by atoms with van der Waals surface area (Å²) in [6.45, 7) is 0. The van der Waals surface area contributed by atoms with E-state index in [1.54, 1.807) is 6.20 Å². The Morgan fingerprint density at radius 2 is 1.86 bits per heavy atom. The van der Waals surface area contributed by atoms with E-state index in [1.165, 1.54) is 0 Å². The van der Waals surface area contributed by atoms with Crippen LogP contribution in [0.2, 0.25) is 5.02 Å². The van der Waals surface area contributed by atoms with Crippen molar-refractivity contribution in [1.29, 1.82) is 0 Å². The summed E-state index contributed by atoms with van der Waals surface area (Å²) >= 11 is 6.06. The molecule has 0 saturated carbocycles. The van der Waals surface area contributed by atoms with E-state index in [-0.39, 0.29) is 0 Å². The van der Waals surface area contributed by atoms with Gasteiger partial charge in [0, 0.05) is 10.6 Å². The fraction of sp³-hybridized carbons (Fsp3) is 0.111. The highest BCUT2D eigenvalue weighted by atomic mass is 35.5. The summed E-state index contributed by atoms with van der Waals surface area (Å²) in [4.78, 5) is 9.19. The summed E-state index contributed by atoms with van der Waals surface area (Å²) in [5.74, 6) is 1.39. The van der Waals surface area contributed by atoms with E-state index in [9.17, 15) is 0 Å². The standard InChI is InChI=1S/C18H13ClN2O/c19-14-7-9-17-13(10-14)6-8-15-18(22-17)21-16(11-20-15)12-4-2-1-3-5-12/h1-5,7,9-11H,6,8H2. The van der Waals surface area contributed by atoms with Gasteiger partial charge in [-0.25, -0.2) is 4.98 Å². The lowest BCUT2D eigenvalue weighted by Gasteiger charge is -2.09. The Morgan fingerprint density at radius 3 is 2.73 bits per heavy atom. The van der Waals surface area contributed by atoms with Crippen LogP contribution < -0.4 is 4.74 Å². The molecule has 0 radical (unpaired) electrons. The predicted molar refractivity (Wildman–Crippen MR) is 86.4 cm³/mol. The van der Waals surface area contributed by atoms with Crippen LogP contribution in [-0.4, -0.2) is 9.97 Å². The van der Waals surface area contributed by atoms with Gasteiger partial charge in [-0.05, 0) is 36.6 Å². The number of aryl methyl sites for hydroxylation is 2. The van der Waals surface area contributed by atoms with Crippen molar-refractivity contribution in [2.24, 2.45) is 0 Å². The first kappa shape index (κ1) is 13.3. The number of halogens is 1. The molecule has 0 unspecified atom stereocenters. The van der Waals surface area contributed by atoms with Crippen LogP contribution in [-0.2, 0) is 12.8 Å². The quantitative estimate of drug-likeness (QED) is 0.654. The van der Waals surface area contributed by atoms with Crippen LogP contribution in [0.15, 0.2) is 54.7 Å². The van der Waals surface area contributed by atoms with Gasteiger partial charge in [0.15, 0.2) is 0 Å². The molecule has 2 heterocycles. The minimum Gasteiger partial charge on any atom is -0.437 e. The van der Waals surface area contributed by atoms with Crippen molar-refractivity contribution in [3.8, 4) is 22.9 Å². The molecule has 3 nitrogen and oxygen atoms in total. The summed E-state index contributed by atoms with van der Waals surface area (Å²) in [6, 6.07) is 15.7. The second-order valence-corrected chi connectivity index (χ2v) is 5.66. The fourth-order valence-electron chi connectivity index (χ4n) is 2.60. The van der Waals surface area contributed by atoms with Crippen molar-refractivity contribution in [3.05, 3.63) is 71.0 Å². The van der Waals surface area contributed by atoms with Crippen molar-refractivity contribution in [2.45, 2.75) is 12.8 Å². The van der Waals surface area contributed by atoms with Crippen molar-refractivity contribution >= 4 is 11.6 Å². The van der Waals surface area contributed by atoms with Gasteiger partial charge in [0.1, 0.15) is 11.4 Å². The Kier molecular flexibility index (Phi) is 3.28. The fourth-order valence-corrected chi connectivity index (χ4v) is 2.79. The molecule has 3 aromatic rings. The molecule has 0 N–H and O–H groups in total. The van der Waals surface area contributed by atoms with Gasteiger partial charge < -0.3 is 4.74 Å². The van der Waals surface area contributed by atoms with Crippen LogP contribution >= 0.6 is 11.6 Å². The molecule has 0 fully saturated rings. The van der Waals surface area contributed by atoms with E-state index < -0.39 is 0 Å². The van der Waals surface area contributed by atoms with Gasteiger partial charge in [-0.3, -0.25) is 4.98 Å². The summed E-state index contributed by atoms with van der Waals surface area (Å²) < 4.78 is 5.99. The third kappa shape index (κ3) is 2.44. The van der Waals surface area contributed by atoms with E-state index in [1.807, 2.05) is 48.5 Å². The van der Waals surface area contributed by atoms with Crippen LogP contribution in [0.5, 0.6) is 11.6 Å². The smallest absolute Gasteiger partial charge is 0.241 e.